The molecule has 0 aliphatic heterocycles. The number of methoxy groups -OCH3 is 1. The molecule has 18 heavy (non-hydrogen) atoms. The van der Waals surface area contributed by atoms with Crippen molar-refractivity contribution in [2.45, 2.75) is 6.61 Å². The van der Waals surface area contributed by atoms with Crippen LogP contribution in [0.2, 0.25) is 5.02 Å². The van der Waals surface area contributed by atoms with Gasteiger partial charge in [0.2, 0.25) is 0 Å². The SMILES string of the molecule is COc1ccc(OCc2cc(N)ccc2Cl)cc1. The highest BCUT2D eigenvalue weighted by atomic mass is 35.5. The highest BCUT2D eigenvalue weighted by Crippen LogP contribution is 2.22. The maximum Gasteiger partial charge on any atom is 0.120 e. The Morgan fingerprint density at radius 1 is 1.06 bits per heavy atom. The second-order valence-corrected chi connectivity index (χ2v) is 4.22. The molecular weight excluding hydrogens is 250 g/mol. The summed E-state index contributed by atoms with van der Waals surface area (Å²) in [5.74, 6) is 1.55. The summed E-state index contributed by atoms with van der Waals surface area (Å²) in [6.07, 6.45) is 0. The summed E-state index contributed by atoms with van der Waals surface area (Å²) >= 11 is 6.05. The average molecular weight is 264 g/mol. The Balaban J connectivity index is 2.04. The molecule has 0 fully saturated rings. The third-order valence-corrected chi connectivity index (χ3v) is 2.89. The molecule has 2 rings (SSSR count). The van der Waals surface area contributed by atoms with E-state index < -0.39 is 0 Å². The molecule has 3 nitrogen and oxygen atoms in total. The summed E-state index contributed by atoms with van der Waals surface area (Å²) in [5, 5.41) is 0.651. The molecule has 0 aliphatic carbocycles. The molecule has 0 saturated carbocycles. The van der Waals surface area contributed by atoms with Crippen LogP contribution in [0.5, 0.6) is 11.5 Å². The van der Waals surface area contributed by atoms with Crippen molar-refractivity contribution in [1.29, 1.82) is 0 Å². The molecule has 4 heteroatoms. The van der Waals surface area contributed by atoms with Gasteiger partial charge in [-0.05, 0) is 42.5 Å². The highest BCUT2D eigenvalue weighted by molar-refractivity contribution is 6.31. The third-order valence-electron chi connectivity index (χ3n) is 2.52. The number of rotatable bonds is 4. The van der Waals surface area contributed by atoms with E-state index in [-0.39, 0.29) is 0 Å². The molecule has 0 bridgehead atoms. The number of halogens is 1. The van der Waals surface area contributed by atoms with Crippen molar-refractivity contribution in [3.05, 3.63) is 53.1 Å². The van der Waals surface area contributed by atoms with Crippen LogP contribution < -0.4 is 15.2 Å². The molecule has 0 heterocycles. The van der Waals surface area contributed by atoms with Crippen LogP contribution in [-0.2, 0) is 6.61 Å². The molecule has 2 aromatic carbocycles. The minimum atomic E-state index is 0.385. The van der Waals surface area contributed by atoms with E-state index in [1.165, 1.54) is 0 Å². The van der Waals surface area contributed by atoms with Gasteiger partial charge < -0.3 is 15.2 Å². The van der Waals surface area contributed by atoms with Gasteiger partial charge in [0.05, 0.1) is 7.11 Å². The first-order chi connectivity index (χ1) is 8.69. The number of hydrogen-bond acceptors (Lipinski definition) is 3. The van der Waals surface area contributed by atoms with Crippen LogP contribution in [0, 0.1) is 0 Å². The fourth-order valence-corrected chi connectivity index (χ4v) is 1.71. The first-order valence-corrected chi connectivity index (χ1v) is 5.87. The van der Waals surface area contributed by atoms with E-state index in [2.05, 4.69) is 0 Å². The predicted molar refractivity (Wildman–Crippen MR) is 73.2 cm³/mol. The van der Waals surface area contributed by atoms with Crippen molar-refractivity contribution in [3.63, 3.8) is 0 Å². The molecule has 0 radical (unpaired) electrons. The Morgan fingerprint density at radius 2 is 1.72 bits per heavy atom. The molecule has 0 unspecified atom stereocenters. The van der Waals surface area contributed by atoms with Gasteiger partial charge in [0.15, 0.2) is 0 Å². The average Bonchev–Trinajstić information content (AvgIpc) is 2.40. The lowest BCUT2D eigenvalue weighted by Crippen LogP contribution is -1.97. The largest absolute Gasteiger partial charge is 0.497 e. The van der Waals surface area contributed by atoms with Crippen molar-refractivity contribution in [3.8, 4) is 11.5 Å². The smallest absolute Gasteiger partial charge is 0.120 e. The van der Waals surface area contributed by atoms with Crippen molar-refractivity contribution in [2.75, 3.05) is 12.8 Å². The molecule has 2 aromatic rings. The number of anilines is 1. The number of nitrogen functional groups attached to an aromatic ring is 1. The normalized spacial score (nSPS) is 10.1. The summed E-state index contributed by atoms with van der Waals surface area (Å²) in [6, 6.07) is 12.7. The minimum Gasteiger partial charge on any atom is -0.497 e. The minimum absolute atomic E-state index is 0.385. The van der Waals surface area contributed by atoms with Crippen LogP contribution in [0.4, 0.5) is 5.69 Å². The lowest BCUT2D eigenvalue weighted by Gasteiger charge is -2.09. The third kappa shape index (κ3) is 3.08. The summed E-state index contributed by atoms with van der Waals surface area (Å²) in [4.78, 5) is 0. The maximum atomic E-state index is 6.05. The van der Waals surface area contributed by atoms with Crippen molar-refractivity contribution >= 4 is 17.3 Å². The summed E-state index contributed by atoms with van der Waals surface area (Å²) in [6.45, 7) is 0.385. The highest BCUT2D eigenvalue weighted by Gasteiger charge is 2.02. The fourth-order valence-electron chi connectivity index (χ4n) is 1.54. The summed E-state index contributed by atoms with van der Waals surface area (Å²) in [5.41, 5.74) is 7.25. The molecule has 0 spiro atoms. The Bertz CT molecular complexity index is 526. The topological polar surface area (TPSA) is 44.5 Å². The molecule has 94 valence electrons. The zero-order valence-electron chi connectivity index (χ0n) is 10.0. The lowest BCUT2D eigenvalue weighted by atomic mass is 10.2. The van der Waals surface area contributed by atoms with Crippen LogP contribution in [-0.4, -0.2) is 7.11 Å². The molecular formula is C14H14ClNO2. The van der Waals surface area contributed by atoms with Crippen molar-refractivity contribution < 1.29 is 9.47 Å². The second-order valence-electron chi connectivity index (χ2n) is 3.82. The van der Waals surface area contributed by atoms with E-state index in [1.54, 1.807) is 19.2 Å². The first-order valence-electron chi connectivity index (χ1n) is 5.50. The van der Waals surface area contributed by atoms with Gasteiger partial charge in [-0.1, -0.05) is 11.6 Å². The van der Waals surface area contributed by atoms with E-state index in [9.17, 15) is 0 Å². The van der Waals surface area contributed by atoms with Gasteiger partial charge in [0, 0.05) is 16.3 Å². The van der Waals surface area contributed by atoms with Crippen molar-refractivity contribution in [1.82, 2.24) is 0 Å². The van der Waals surface area contributed by atoms with Gasteiger partial charge in [-0.3, -0.25) is 0 Å². The van der Waals surface area contributed by atoms with Crippen LogP contribution in [0.25, 0.3) is 0 Å². The van der Waals surface area contributed by atoms with Crippen LogP contribution in [0.3, 0.4) is 0 Å². The fraction of sp³-hybridized carbons (Fsp3) is 0.143. The second kappa shape index (κ2) is 5.65. The monoisotopic (exact) mass is 263 g/mol. The van der Waals surface area contributed by atoms with E-state index in [0.29, 0.717) is 17.3 Å². The molecule has 2 N–H and O–H groups in total. The Morgan fingerprint density at radius 3 is 2.39 bits per heavy atom. The Labute approximate surface area is 111 Å². The van der Waals surface area contributed by atoms with Gasteiger partial charge in [-0.2, -0.15) is 0 Å². The molecule has 0 saturated heterocycles. The van der Waals surface area contributed by atoms with Gasteiger partial charge in [0.25, 0.3) is 0 Å². The number of hydrogen-bond donors (Lipinski definition) is 1. The first kappa shape index (κ1) is 12.6. The number of nitrogens with two attached hydrogens (primary N) is 1. The van der Waals surface area contributed by atoms with Crippen LogP contribution in [0.1, 0.15) is 5.56 Å². The molecule has 0 aliphatic rings. The maximum absolute atomic E-state index is 6.05. The van der Waals surface area contributed by atoms with E-state index in [1.807, 2.05) is 30.3 Å². The van der Waals surface area contributed by atoms with Crippen LogP contribution >= 0.6 is 11.6 Å². The predicted octanol–water partition coefficient (Wildman–Crippen LogP) is 3.51. The Hall–Kier alpha value is -1.87. The molecule has 0 aromatic heterocycles. The van der Waals surface area contributed by atoms with Gasteiger partial charge in [-0.25, -0.2) is 0 Å². The number of ether oxygens (including phenoxy) is 2. The van der Waals surface area contributed by atoms with E-state index >= 15 is 0 Å². The summed E-state index contributed by atoms with van der Waals surface area (Å²) < 4.78 is 10.7. The molecule has 0 atom stereocenters. The van der Waals surface area contributed by atoms with Gasteiger partial charge in [-0.15, -0.1) is 0 Å². The standard InChI is InChI=1S/C14H14ClNO2/c1-17-12-3-5-13(6-4-12)18-9-10-8-11(16)2-7-14(10)15/h2-8H,9,16H2,1H3. The lowest BCUT2D eigenvalue weighted by molar-refractivity contribution is 0.305. The zero-order valence-corrected chi connectivity index (χ0v) is 10.8. The van der Waals surface area contributed by atoms with Gasteiger partial charge >= 0.3 is 0 Å². The van der Waals surface area contributed by atoms with Gasteiger partial charge in [0.1, 0.15) is 18.1 Å². The zero-order chi connectivity index (χ0) is 13.0. The van der Waals surface area contributed by atoms with Crippen molar-refractivity contribution in [2.24, 2.45) is 0 Å². The quantitative estimate of drug-likeness (QED) is 0.859. The number of benzene rings is 2. The summed E-state index contributed by atoms with van der Waals surface area (Å²) in [7, 11) is 1.63. The van der Waals surface area contributed by atoms with E-state index in [0.717, 1.165) is 17.1 Å². The Kier molecular flexibility index (Phi) is 3.95. The molecule has 0 amide bonds. The van der Waals surface area contributed by atoms with Crippen LogP contribution in [0.15, 0.2) is 42.5 Å². The van der Waals surface area contributed by atoms with E-state index in [4.69, 9.17) is 26.8 Å².